The van der Waals surface area contributed by atoms with Crippen LogP contribution in [0.5, 0.6) is 5.88 Å². The summed E-state index contributed by atoms with van der Waals surface area (Å²) in [5.74, 6) is 0.608. The van der Waals surface area contributed by atoms with Gasteiger partial charge < -0.3 is 15.4 Å². The molecule has 2 aromatic carbocycles. The van der Waals surface area contributed by atoms with E-state index in [1.165, 1.54) is 11.1 Å². The minimum absolute atomic E-state index is 0.0231. The van der Waals surface area contributed by atoms with Gasteiger partial charge in [-0.25, -0.2) is 4.98 Å². The molecule has 7 heteroatoms. The van der Waals surface area contributed by atoms with Gasteiger partial charge in [0.05, 0.1) is 36.1 Å². The van der Waals surface area contributed by atoms with Crippen molar-refractivity contribution in [1.29, 1.82) is 5.26 Å². The molecule has 0 saturated carbocycles. The van der Waals surface area contributed by atoms with Gasteiger partial charge in [-0.3, -0.25) is 4.68 Å². The molecule has 1 aliphatic rings. The van der Waals surface area contributed by atoms with Crippen LogP contribution in [0.3, 0.4) is 0 Å². The minimum atomic E-state index is -0.134. The van der Waals surface area contributed by atoms with Crippen LogP contribution in [0.15, 0.2) is 79.3 Å². The highest BCUT2D eigenvalue weighted by Gasteiger charge is 2.31. The molecule has 0 saturated heterocycles. The van der Waals surface area contributed by atoms with Gasteiger partial charge in [0.1, 0.15) is 6.10 Å². The summed E-state index contributed by atoms with van der Waals surface area (Å²) in [6, 6.07) is 22.6. The SMILES string of the molecule is C[C@@H](Cc1ccc(C#N)cc1)N[C@H](c1ccccc1)[C@@H]1CNc2cc(-c3cnn(C)c3)cnc2O1. The maximum Gasteiger partial charge on any atom is 0.237 e. The van der Waals surface area contributed by atoms with E-state index < -0.39 is 0 Å². The molecule has 0 unspecified atom stereocenters. The van der Waals surface area contributed by atoms with E-state index in [0.29, 0.717) is 18.0 Å². The van der Waals surface area contributed by atoms with Gasteiger partial charge in [-0.1, -0.05) is 42.5 Å². The van der Waals surface area contributed by atoms with Crippen LogP contribution < -0.4 is 15.4 Å². The molecule has 1 aliphatic heterocycles. The third-order valence-corrected chi connectivity index (χ3v) is 6.27. The fraction of sp³-hybridized carbons (Fsp3) is 0.250. The van der Waals surface area contributed by atoms with Crippen molar-refractivity contribution in [3.8, 4) is 23.1 Å². The van der Waals surface area contributed by atoms with Gasteiger partial charge in [-0.15, -0.1) is 0 Å². The first-order valence-electron chi connectivity index (χ1n) is 11.8. The van der Waals surface area contributed by atoms with Crippen LogP contribution in [0, 0.1) is 11.3 Å². The smallest absolute Gasteiger partial charge is 0.237 e. The Morgan fingerprint density at radius 3 is 2.66 bits per heavy atom. The van der Waals surface area contributed by atoms with Gasteiger partial charge in [0, 0.05) is 36.6 Å². The van der Waals surface area contributed by atoms with Crippen LogP contribution in [-0.2, 0) is 13.5 Å². The number of nitriles is 1. The second-order valence-electron chi connectivity index (χ2n) is 8.99. The Balaban J connectivity index is 1.34. The van der Waals surface area contributed by atoms with Gasteiger partial charge in [0.25, 0.3) is 0 Å². The van der Waals surface area contributed by atoms with Crippen molar-refractivity contribution in [1.82, 2.24) is 20.1 Å². The summed E-state index contributed by atoms with van der Waals surface area (Å²) in [5, 5.41) is 20.6. The molecule has 2 aromatic heterocycles. The van der Waals surface area contributed by atoms with Gasteiger partial charge >= 0.3 is 0 Å². The predicted octanol–water partition coefficient (Wildman–Crippen LogP) is 4.49. The molecule has 0 bridgehead atoms. The quantitative estimate of drug-likeness (QED) is 0.419. The maximum atomic E-state index is 9.05. The van der Waals surface area contributed by atoms with Crippen molar-refractivity contribution in [2.45, 2.75) is 31.5 Å². The highest BCUT2D eigenvalue weighted by atomic mass is 16.5. The van der Waals surface area contributed by atoms with Crippen LogP contribution >= 0.6 is 0 Å². The van der Waals surface area contributed by atoms with Crippen LogP contribution in [0.2, 0.25) is 0 Å². The number of nitrogens with zero attached hydrogens (tertiary/aromatic N) is 4. The Morgan fingerprint density at radius 2 is 1.94 bits per heavy atom. The average Bonchev–Trinajstić information content (AvgIpc) is 3.34. The van der Waals surface area contributed by atoms with Crippen LogP contribution in [0.25, 0.3) is 11.1 Å². The summed E-state index contributed by atoms with van der Waals surface area (Å²) in [6.45, 7) is 2.83. The van der Waals surface area contributed by atoms with E-state index >= 15 is 0 Å². The van der Waals surface area contributed by atoms with Crippen molar-refractivity contribution >= 4 is 5.69 Å². The van der Waals surface area contributed by atoms with Gasteiger partial charge in [-0.2, -0.15) is 10.4 Å². The monoisotopic (exact) mass is 464 g/mol. The number of anilines is 1. The summed E-state index contributed by atoms with van der Waals surface area (Å²) in [5.41, 5.74) is 5.94. The van der Waals surface area contributed by atoms with E-state index in [9.17, 15) is 0 Å². The van der Waals surface area contributed by atoms with Gasteiger partial charge in [0.2, 0.25) is 5.88 Å². The highest BCUT2D eigenvalue weighted by Crippen LogP contribution is 2.34. The number of rotatable bonds is 7. The lowest BCUT2D eigenvalue weighted by molar-refractivity contribution is 0.144. The zero-order chi connectivity index (χ0) is 24.2. The lowest BCUT2D eigenvalue weighted by atomic mass is 9.97. The number of benzene rings is 2. The third-order valence-electron chi connectivity index (χ3n) is 6.27. The molecule has 2 N–H and O–H groups in total. The summed E-state index contributed by atoms with van der Waals surface area (Å²) in [7, 11) is 1.90. The molecule has 176 valence electrons. The Labute approximate surface area is 205 Å². The molecule has 0 aliphatic carbocycles. The standard InChI is InChI=1S/C28H28N6O/c1-19(12-20-8-10-21(14-29)11-9-20)33-27(22-6-4-3-5-7-22)26-17-30-25-13-23(15-31-28(25)35-26)24-16-32-34(2)18-24/h3-11,13,15-16,18-19,26-27,30,33H,12,17H2,1-2H3/t19-,26-,27+/m0/s1. The topological polar surface area (TPSA) is 87.8 Å². The number of nitrogens with one attached hydrogen (secondary N) is 2. The van der Waals surface area contributed by atoms with Crippen molar-refractivity contribution in [3.05, 3.63) is 95.9 Å². The van der Waals surface area contributed by atoms with Crippen molar-refractivity contribution < 1.29 is 4.74 Å². The van der Waals surface area contributed by atoms with E-state index in [1.807, 2.05) is 56.0 Å². The average molecular weight is 465 g/mol. The Kier molecular flexibility index (Phi) is 6.47. The Hall–Kier alpha value is -4.15. The van der Waals surface area contributed by atoms with E-state index in [4.69, 9.17) is 10.00 Å². The zero-order valence-corrected chi connectivity index (χ0v) is 19.8. The molecule has 5 rings (SSSR count). The number of hydrogen-bond donors (Lipinski definition) is 2. The summed E-state index contributed by atoms with van der Waals surface area (Å²) >= 11 is 0. The van der Waals surface area contributed by atoms with Gasteiger partial charge in [-0.05, 0) is 42.7 Å². The number of pyridine rings is 1. The summed E-state index contributed by atoms with van der Waals surface area (Å²) in [6.07, 6.45) is 6.35. The molecule has 3 atom stereocenters. The molecule has 3 heterocycles. The number of aryl methyl sites for hydroxylation is 1. The predicted molar refractivity (Wildman–Crippen MR) is 136 cm³/mol. The molecule has 7 nitrogen and oxygen atoms in total. The van der Waals surface area contributed by atoms with Gasteiger partial charge in [0.15, 0.2) is 0 Å². The lowest BCUT2D eigenvalue weighted by Gasteiger charge is -2.35. The largest absolute Gasteiger partial charge is 0.469 e. The second kappa shape index (κ2) is 10.00. The summed E-state index contributed by atoms with van der Waals surface area (Å²) in [4.78, 5) is 4.62. The molecular formula is C28H28N6O. The first kappa shape index (κ1) is 22.6. The molecule has 0 spiro atoms. The Bertz CT molecular complexity index is 1330. The molecule has 0 amide bonds. The first-order chi connectivity index (χ1) is 17.1. The fourth-order valence-electron chi connectivity index (χ4n) is 4.50. The molecule has 35 heavy (non-hydrogen) atoms. The van der Waals surface area contributed by atoms with E-state index in [-0.39, 0.29) is 18.2 Å². The van der Waals surface area contributed by atoms with Crippen molar-refractivity contribution in [2.24, 2.45) is 7.05 Å². The van der Waals surface area contributed by atoms with E-state index in [2.05, 4.69) is 64.0 Å². The minimum Gasteiger partial charge on any atom is -0.469 e. The third kappa shape index (κ3) is 5.18. The molecule has 0 radical (unpaired) electrons. The molecular weight excluding hydrogens is 436 g/mol. The molecule has 0 fully saturated rings. The van der Waals surface area contributed by atoms with Crippen LogP contribution in [0.1, 0.15) is 29.7 Å². The number of fused-ring (bicyclic) bond motifs is 1. The number of ether oxygens (including phenoxy) is 1. The highest BCUT2D eigenvalue weighted by molar-refractivity contribution is 5.69. The summed E-state index contributed by atoms with van der Waals surface area (Å²) < 4.78 is 8.21. The van der Waals surface area contributed by atoms with Crippen molar-refractivity contribution in [2.75, 3.05) is 11.9 Å². The van der Waals surface area contributed by atoms with E-state index in [1.54, 1.807) is 4.68 Å². The second-order valence-corrected chi connectivity index (χ2v) is 8.99. The first-order valence-corrected chi connectivity index (χ1v) is 11.8. The maximum absolute atomic E-state index is 9.05. The number of aromatic nitrogens is 3. The molecule has 4 aromatic rings. The van der Waals surface area contributed by atoms with Crippen LogP contribution in [0.4, 0.5) is 5.69 Å². The Morgan fingerprint density at radius 1 is 1.14 bits per heavy atom. The zero-order valence-electron chi connectivity index (χ0n) is 19.8. The number of hydrogen-bond acceptors (Lipinski definition) is 6. The fourth-order valence-corrected chi connectivity index (χ4v) is 4.50. The van der Waals surface area contributed by atoms with Crippen LogP contribution in [-0.4, -0.2) is 33.5 Å². The van der Waals surface area contributed by atoms with E-state index in [0.717, 1.165) is 23.2 Å². The lowest BCUT2D eigenvalue weighted by Crippen LogP contribution is -2.45. The van der Waals surface area contributed by atoms with Crippen molar-refractivity contribution in [3.63, 3.8) is 0 Å². The normalized spacial score (nSPS) is 16.3.